The molecular weight excluding hydrogens is 490 g/mol. The number of carbonyl (C=O) groups excluding carboxylic acids is 1. The lowest BCUT2D eigenvalue weighted by Crippen LogP contribution is -2.36. The minimum atomic E-state index is -5.28. The summed E-state index contributed by atoms with van der Waals surface area (Å²) in [6.45, 7) is -0.704. The van der Waals surface area contributed by atoms with Crippen LogP contribution < -0.4 is 15.9 Å². The molecular formula is C16H18F3N7O7P+. The fourth-order valence-corrected chi connectivity index (χ4v) is 4.32. The third kappa shape index (κ3) is 4.68. The number of halogens is 3. The van der Waals surface area contributed by atoms with Gasteiger partial charge in [0.15, 0.2) is 11.2 Å². The van der Waals surface area contributed by atoms with Crippen molar-refractivity contribution in [2.75, 3.05) is 12.3 Å². The molecule has 1 aliphatic heterocycles. The maximum atomic E-state index is 12.8. The molecule has 3 aromatic heterocycles. The molecule has 1 aliphatic rings. The molecule has 0 saturated carbocycles. The van der Waals surface area contributed by atoms with Crippen LogP contribution in [0.3, 0.4) is 0 Å². The number of ether oxygens (including phenoxy) is 2. The van der Waals surface area contributed by atoms with Crippen LogP contribution in [-0.4, -0.2) is 59.7 Å². The van der Waals surface area contributed by atoms with Gasteiger partial charge in [0.05, 0.1) is 20.0 Å². The molecule has 1 saturated heterocycles. The summed E-state index contributed by atoms with van der Waals surface area (Å²) in [5.74, 6) is -2.70. The Bertz CT molecular complexity index is 1340. The van der Waals surface area contributed by atoms with Crippen molar-refractivity contribution in [1.82, 2.24) is 23.9 Å². The normalized spacial score (nSPS) is 22.7. The van der Waals surface area contributed by atoms with Crippen LogP contribution in [0, 0.1) is 0 Å². The first-order valence-electron chi connectivity index (χ1n) is 9.52. The molecule has 0 aromatic carbocycles. The average Bonchev–Trinajstić information content (AvgIpc) is 3.44. The molecule has 0 spiro atoms. The van der Waals surface area contributed by atoms with E-state index in [0.717, 1.165) is 10.7 Å². The van der Waals surface area contributed by atoms with E-state index < -0.39 is 50.5 Å². The monoisotopic (exact) mass is 508 g/mol. The van der Waals surface area contributed by atoms with E-state index in [1.54, 1.807) is 7.05 Å². The molecule has 4 heterocycles. The van der Waals surface area contributed by atoms with Crippen molar-refractivity contribution >= 4 is 30.8 Å². The molecule has 1 fully saturated rings. The highest BCUT2D eigenvalue weighted by atomic mass is 31.2. The number of H-pyrrole nitrogens is 1. The van der Waals surface area contributed by atoms with Gasteiger partial charge in [0, 0.05) is 6.42 Å². The Morgan fingerprint density at radius 1 is 1.50 bits per heavy atom. The molecule has 4 unspecified atom stereocenters. The van der Waals surface area contributed by atoms with Gasteiger partial charge in [0.2, 0.25) is 5.95 Å². The van der Waals surface area contributed by atoms with Gasteiger partial charge in [-0.1, -0.05) is 0 Å². The Morgan fingerprint density at radius 3 is 2.88 bits per heavy atom. The summed E-state index contributed by atoms with van der Waals surface area (Å²) in [5.41, 5.74) is 4.76. The first-order valence-corrected chi connectivity index (χ1v) is 11.0. The van der Waals surface area contributed by atoms with Crippen molar-refractivity contribution in [1.29, 1.82) is 0 Å². The predicted octanol–water partition coefficient (Wildman–Crippen LogP) is -0.245. The largest absolute Gasteiger partial charge is 0.525 e. The van der Waals surface area contributed by atoms with Crippen molar-refractivity contribution in [3.05, 3.63) is 35.4 Å². The number of carbonyl (C=O) groups is 1. The topological polar surface area (TPSA) is 180 Å². The molecule has 0 aliphatic carbocycles. The smallest absolute Gasteiger partial charge is 0.453 e. The predicted molar refractivity (Wildman–Crippen MR) is 104 cm³/mol. The number of anilines is 1. The number of rotatable bonds is 6. The number of aromatic amines is 1. The van der Waals surface area contributed by atoms with Crippen LogP contribution in [0.5, 0.6) is 0 Å². The molecule has 184 valence electrons. The quantitative estimate of drug-likeness (QED) is 0.228. The van der Waals surface area contributed by atoms with Gasteiger partial charge in [-0.15, -0.1) is 4.34 Å². The molecule has 18 heteroatoms. The zero-order chi connectivity index (χ0) is 24.8. The molecule has 4 atom stereocenters. The zero-order valence-corrected chi connectivity index (χ0v) is 18.1. The Labute approximate surface area is 187 Å². The van der Waals surface area contributed by atoms with Gasteiger partial charge in [0.25, 0.3) is 11.9 Å². The lowest BCUT2D eigenvalue weighted by molar-refractivity contribution is -0.670. The lowest BCUT2D eigenvalue weighted by atomic mass is 10.2. The van der Waals surface area contributed by atoms with Gasteiger partial charge >= 0.3 is 19.9 Å². The number of imidazole rings is 2. The van der Waals surface area contributed by atoms with Gasteiger partial charge in [-0.25, -0.2) is 18.9 Å². The van der Waals surface area contributed by atoms with Crippen molar-refractivity contribution in [3.63, 3.8) is 0 Å². The maximum Gasteiger partial charge on any atom is 0.525 e. The average molecular weight is 508 g/mol. The van der Waals surface area contributed by atoms with Gasteiger partial charge < -0.3 is 15.2 Å². The third-order valence-corrected chi connectivity index (χ3v) is 6.19. The molecule has 4 rings (SSSR count). The summed E-state index contributed by atoms with van der Waals surface area (Å²) in [6.07, 6.45) is -4.48. The van der Waals surface area contributed by atoms with Crippen LogP contribution in [0.15, 0.2) is 29.8 Å². The van der Waals surface area contributed by atoms with Crippen molar-refractivity contribution in [3.8, 4) is 0 Å². The van der Waals surface area contributed by atoms with E-state index in [9.17, 15) is 32.2 Å². The number of nitrogens with one attached hydrogen (secondary N) is 1. The number of aryl methyl sites for hydroxylation is 1. The van der Waals surface area contributed by atoms with Gasteiger partial charge in [-0.2, -0.15) is 18.2 Å². The maximum absolute atomic E-state index is 12.8. The van der Waals surface area contributed by atoms with Gasteiger partial charge in [-0.05, 0) is 0 Å². The van der Waals surface area contributed by atoms with Crippen LogP contribution in [0.25, 0.3) is 11.2 Å². The standard InChI is InChI=1S/C16H17F3N7O7P/c1-24-2-3-25(7-24)34(29,30)31-5-9-8(33-14(28)16(17,18)19)4-10(32-9)26-6-21-11-12(26)22-15(20)23-13(11)27/h2-3,6-10H,4-5H2,1H3,(H3-,20,22,23,27,29,30)/p+1. The second-order valence-electron chi connectivity index (χ2n) is 7.33. The first-order chi connectivity index (χ1) is 15.8. The fourth-order valence-electron chi connectivity index (χ4n) is 3.33. The minimum Gasteiger partial charge on any atom is -0.453 e. The van der Waals surface area contributed by atoms with E-state index in [1.165, 1.54) is 27.9 Å². The summed E-state index contributed by atoms with van der Waals surface area (Å²) >= 11 is 0. The summed E-state index contributed by atoms with van der Waals surface area (Å²) < 4.78 is 69.7. The molecule has 4 N–H and O–H groups in total. The first kappa shape index (κ1) is 23.9. The lowest BCUT2D eigenvalue weighted by Gasteiger charge is -2.19. The molecule has 0 bridgehead atoms. The van der Waals surface area contributed by atoms with E-state index in [2.05, 4.69) is 19.7 Å². The number of alkyl halides is 3. The number of fused-ring (bicyclic) bond motifs is 1. The fraction of sp³-hybridized carbons (Fsp3) is 0.438. The molecule has 14 nitrogen and oxygen atoms in total. The third-order valence-electron chi connectivity index (χ3n) is 4.89. The van der Waals surface area contributed by atoms with E-state index in [4.69, 9.17) is 15.0 Å². The number of nitrogens with zero attached hydrogens (tertiary/aromatic N) is 5. The summed E-state index contributed by atoms with van der Waals surface area (Å²) in [4.78, 5) is 43.7. The van der Waals surface area contributed by atoms with Crippen molar-refractivity contribution in [2.24, 2.45) is 7.05 Å². The summed E-state index contributed by atoms with van der Waals surface area (Å²) in [5, 5.41) is 0. The highest BCUT2D eigenvalue weighted by Crippen LogP contribution is 2.44. The summed E-state index contributed by atoms with van der Waals surface area (Å²) in [6, 6.07) is 0. The molecule has 3 aromatic rings. The summed E-state index contributed by atoms with van der Waals surface area (Å²) in [7, 11) is -2.85. The Balaban J connectivity index is 1.59. The number of aromatic nitrogens is 6. The zero-order valence-electron chi connectivity index (χ0n) is 17.2. The Kier molecular flexibility index (Phi) is 5.97. The number of hydrogen-bond acceptors (Lipinski definition) is 9. The Morgan fingerprint density at radius 2 is 2.24 bits per heavy atom. The highest BCUT2D eigenvalue weighted by Gasteiger charge is 2.47. The second-order valence-corrected chi connectivity index (χ2v) is 9.03. The highest BCUT2D eigenvalue weighted by molar-refractivity contribution is 7.51. The number of nitrogen functional groups attached to an aromatic ring is 1. The SMILES string of the molecule is C[n+]1ccn(P(=O)(O)OCC2OC(n3cnc4c(=O)[nH]c(N)nc43)CC2OC(=O)C(F)(F)F)c1. The van der Waals surface area contributed by atoms with Crippen molar-refractivity contribution < 1.29 is 46.0 Å². The molecule has 0 radical (unpaired) electrons. The van der Waals surface area contributed by atoms with Gasteiger partial charge in [0.1, 0.15) is 30.8 Å². The number of esters is 1. The second kappa shape index (κ2) is 8.50. The van der Waals surface area contributed by atoms with E-state index in [-0.39, 0.29) is 23.5 Å². The van der Waals surface area contributed by atoms with Crippen LogP contribution in [-0.2, 0) is 30.4 Å². The van der Waals surface area contributed by atoms with Crippen molar-refractivity contribution in [2.45, 2.75) is 31.0 Å². The number of hydrogen-bond donors (Lipinski definition) is 3. The van der Waals surface area contributed by atoms with Crippen LogP contribution in [0.1, 0.15) is 12.6 Å². The molecule has 34 heavy (non-hydrogen) atoms. The van der Waals surface area contributed by atoms with Crippen LogP contribution in [0.2, 0.25) is 0 Å². The van der Waals surface area contributed by atoms with E-state index in [1.807, 2.05) is 0 Å². The Hall–Kier alpha value is -3.27. The van der Waals surface area contributed by atoms with E-state index >= 15 is 0 Å². The minimum absolute atomic E-state index is 0.0265. The number of nitrogens with two attached hydrogens (primary N) is 1. The van der Waals surface area contributed by atoms with E-state index in [0.29, 0.717) is 0 Å². The molecule has 0 amide bonds. The van der Waals surface area contributed by atoms with Gasteiger partial charge in [-0.3, -0.25) is 23.8 Å². The van der Waals surface area contributed by atoms with Crippen LogP contribution >= 0.6 is 7.75 Å². The van der Waals surface area contributed by atoms with Crippen LogP contribution in [0.4, 0.5) is 19.1 Å².